The average Bonchev–Trinajstić information content (AvgIpc) is 2.33. The molecule has 0 radical (unpaired) electrons. The molecular formula is C12H14Br2N2O2S. The van der Waals surface area contributed by atoms with Gasteiger partial charge in [-0.15, -0.1) is 0 Å². The smallest absolute Gasteiger partial charge is 0.207 e. The fourth-order valence-electron chi connectivity index (χ4n) is 1.58. The normalized spacial score (nSPS) is 11.6. The zero-order chi connectivity index (χ0) is 14.6. The zero-order valence-electron chi connectivity index (χ0n) is 10.7. The third-order valence-electron chi connectivity index (χ3n) is 2.55. The molecule has 19 heavy (non-hydrogen) atoms. The van der Waals surface area contributed by atoms with E-state index in [1.807, 2.05) is 19.9 Å². The molecule has 0 saturated carbocycles. The molecule has 4 nitrogen and oxygen atoms in total. The van der Waals surface area contributed by atoms with Gasteiger partial charge in [-0.2, -0.15) is 9.57 Å². The summed E-state index contributed by atoms with van der Waals surface area (Å²) in [5, 5.41) is 8.76. The maximum atomic E-state index is 12.5. The summed E-state index contributed by atoms with van der Waals surface area (Å²) in [7, 11) is -3.66. The Kier molecular flexibility index (Phi) is 5.99. The van der Waals surface area contributed by atoms with E-state index in [1.165, 1.54) is 4.31 Å². The van der Waals surface area contributed by atoms with Crippen molar-refractivity contribution in [3.8, 4) is 6.07 Å². The Morgan fingerprint density at radius 1 is 1.32 bits per heavy atom. The molecule has 0 aliphatic carbocycles. The van der Waals surface area contributed by atoms with Crippen LogP contribution in [0, 0.1) is 18.3 Å². The molecule has 0 atom stereocenters. The number of halogens is 2. The molecule has 0 N–H and O–H groups in total. The summed E-state index contributed by atoms with van der Waals surface area (Å²) in [5.41, 5.74) is 0.938. The molecule has 7 heteroatoms. The van der Waals surface area contributed by atoms with Crippen LogP contribution < -0.4 is 0 Å². The molecule has 0 heterocycles. The van der Waals surface area contributed by atoms with Crippen LogP contribution in [0.25, 0.3) is 0 Å². The molecule has 104 valence electrons. The summed E-state index contributed by atoms with van der Waals surface area (Å²) < 4.78 is 27.5. The van der Waals surface area contributed by atoms with Gasteiger partial charge in [-0.3, -0.25) is 0 Å². The summed E-state index contributed by atoms with van der Waals surface area (Å²) >= 11 is 6.61. The van der Waals surface area contributed by atoms with E-state index in [0.29, 0.717) is 17.4 Å². The molecule has 0 aliphatic rings. The van der Waals surface area contributed by atoms with Gasteiger partial charge in [-0.25, -0.2) is 8.42 Å². The van der Waals surface area contributed by atoms with Crippen molar-refractivity contribution in [3.63, 3.8) is 0 Å². The molecule has 0 saturated heterocycles. The van der Waals surface area contributed by atoms with Crippen LogP contribution in [0.2, 0.25) is 0 Å². The highest BCUT2D eigenvalue weighted by Crippen LogP contribution is 2.30. The van der Waals surface area contributed by atoms with E-state index in [0.717, 1.165) is 10.0 Å². The molecular weight excluding hydrogens is 396 g/mol. The second-order valence-electron chi connectivity index (χ2n) is 4.03. The second kappa shape index (κ2) is 6.84. The standard InChI is InChI=1S/C12H14Br2N2O2S/c1-3-5-16(6-4-15)19(17,18)12-8-10(13)9(2)7-11(12)14/h7-8H,3,5-6H2,1-2H3. The highest BCUT2D eigenvalue weighted by Gasteiger charge is 2.26. The Morgan fingerprint density at radius 2 is 1.95 bits per heavy atom. The van der Waals surface area contributed by atoms with Gasteiger partial charge in [-0.05, 0) is 47.0 Å². The van der Waals surface area contributed by atoms with E-state index >= 15 is 0 Å². The van der Waals surface area contributed by atoms with Crippen LogP contribution in [-0.2, 0) is 10.0 Å². The van der Waals surface area contributed by atoms with Crippen molar-refractivity contribution in [3.05, 3.63) is 26.6 Å². The minimum Gasteiger partial charge on any atom is -0.207 e. The van der Waals surface area contributed by atoms with Gasteiger partial charge in [0.1, 0.15) is 6.54 Å². The molecule has 0 amide bonds. The number of benzene rings is 1. The van der Waals surface area contributed by atoms with Gasteiger partial charge in [0, 0.05) is 15.5 Å². The SMILES string of the molecule is CCCN(CC#N)S(=O)(=O)c1cc(Br)c(C)cc1Br. The van der Waals surface area contributed by atoms with Gasteiger partial charge in [-0.1, -0.05) is 22.9 Å². The first-order valence-electron chi connectivity index (χ1n) is 5.67. The zero-order valence-corrected chi connectivity index (χ0v) is 14.6. The summed E-state index contributed by atoms with van der Waals surface area (Å²) in [5.74, 6) is 0. The number of nitriles is 1. The highest BCUT2D eigenvalue weighted by atomic mass is 79.9. The number of aryl methyl sites for hydroxylation is 1. The quantitative estimate of drug-likeness (QED) is 0.699. The lowest BCUT2D eigenvalue weighted by Gasteiger charge is -2.19. The molecule has 0 bridgehead atoms. The predicted octanol–water partition coefficient (Wildman–Crippen LogP) is 3.44. The Hall–Kier alpha value is -0.420. The molecule has 0 unspecified atom stereocenters. The first-order chi connectivity index (χ1) is 8.84. The largest absolute Gasteiger partial charge is 0.245 e. The van der Waals surface area contributed by atoms with Crippen molar-refractivity contribution in [1.82, 2.24) is 4.31 Å². The van der Waals surface area contributed by atoms with Gasteiger partial charge in [0.25, 0.3) is 0 Å². The van der Waals surface area contributed by atoms with Crippen LogP contribution in [-0.4, -0.2) is 25.8 Å². The van der Waals surface area contributed by atoms with E-state index in [1.54, 1.807) is 12.1 Å². The van der Waals surface area contributed by atoms with E-state index in [-0.39, 0.29) is 11.4 Å². The number of hydrogen-bond donors (Lipinski definition) is 0. The van der Waals surface area contributed by atoms with Crippen molar-refractivity contribution >= 4 is 41.9 Å². The number of nitrogens with zero attached hydrogens (tertiary/aromatic N) is 2. The average molecular weight is 410 g/mol. The van der Waals surface area contributed by atoms with Crippen LogP contribution in [0.15, 0.2) is 26.0 Å². The van der Waals surface area contributed by atoms with Gasteiger partial charge in [0.15, 0.2) is 0 Å². The van der Waals surface area contributed by atoms with Gasteiger partial charge in [0.2, 0.25) is 10.0 Å². The van der Waals surface area contributed by atoms with Crippen molar-refractivity contribution in [2.24, 2.45) is 0 Å². The lowest BCUT2D eigenvalue weighted by atomic mass is 10.2. The third-order valence-corrected chi connectivity index (χ3v) is 6.21. The van der Waals surface area contributed by atoms with Gasteiger partial charge < -0.3 is 0 Å². The lowest BCUT2D eigenvalue weighted by Crippen LogP contribution is -2.32. The summed E-state index contributed by atoms with van der Waals surface area (Å²) in [6.07, 6.45) is 0.658. The molecule has 0 fully saturated rings. The van der Waals surface area contributed by atoms with Gasteiger partial charge in [0.05, 0.1) is 11.0 Å². The molecule has 0 aromatic heterocycles. The Balaban J connectivity index is 3.33. The second-order valence-corrected chi connectivity index (χ2v) is 7.64. The molecule has 1 rings (SSSR count). The number of sulfonamides is 1. The summed E-state index contributed by atoms with van der Waals surface area (Å²) in [6, 6.07) is 5.20. The van der Waals surface area contributed by atoms with Crippen LogP contribution in [0.5, 0.6) is 0 Å². The number of hydrogen-bond acceptors (Lipinski definition) is 3. The maximum absolute atomic E-state index is 12.5. The van der Waals surface area contributed by atoms with E-state index in [9.17, 15) is 8.42 Å². The maximum Gasteiger partial charge on any atom is 0.245 e. The van der Waals surface area contributed by atoms with Crippen LogP contribution in [0.1, 0.15) is 18.9 Å². The fourth-order valence-corrected chi connectivity index (χ4v) is 4.64. The topological polar surface area (TPSA) is 61.2 Å². The van der Waals surface area contributed by atoms with Crippen LogP contribution >= 0.6 is 31.9 Å². The summed E-state index contributed by atoms with van der Waals surface area (Å²) in [6.45, 7) is 3.94. The van der Waals surface area contributed by atoms with Crippen molar-refractivity contribution in [2.75, 3.05) is 13.1 Å². The molecule has 1 aromatic carbocycles. The van der Waals surface area contributed by atoms with Gasteiger partial charge >= 0.3 is 0 Å². The fraction of sp³-hybridized carbons (Fsp3) is 0.417. The molecule has 1 aromatic rings. The predicted molar refractivity (Wildman–Crippen MR) is 81.2 cm³/mol. The molecule has 0 spiro atoms. The third kappa shape index (κ3) is 3.78. The first-order valence-corrected chi connectivity index (χ1v) is 8.70. The Bertz CT molecular complexity index is 609. The monoisotopic (exact) mass is 408 g/mol. The minimum absolute atomic E-state index is 0.145. The minimum atomic E-state index is -3.66. The Labute approximate surface area is 130 Å². The van der Waals surface area contributed by atoms with E-state index < -0.39 is 10.0 Å². The van der Waals surface area contributed by atoms with E-state index in [2.05, 4.69) is 31.9 Å². The van der Waals surface area contributed by atoms with Crippen LogP contribution in [0.3, 0.4) is 0 Å². The van der Waals surface area contributed by atoms with E-state index in [4.69, 9.17) is 5.26 Å². The molecule has 0 aliphatic heterocycles. The van der Waals surface area contributed by atoms with Crippen molar-refractivity contribution < 1.29 is 8.42 Å². The lowest BCUT2D eigenvalue weighted by molar-refractivity contribution is 0.444. The van der Waals surface area contributed by atoms with Crippen molar-refractivity contribution in [2.45, 2.75) is 25.2 Å². The van der Waals surface area contributed by atoms with Crippen LogP contribution in [0.4, 0.5) is 0 Å². The highest BCUT2D eigenvalue weighted by molar-refractivity contribution is 9.11. The number of rotatable bonds is 5. The Morgan fingerprint density at radius 3 is 2.47 bits per heavy atom. The van der Waals surface area contributed by atoms with Crippen molar-refractivity contribution in [1.29, 1.82) is 5.26 Å². The first kappa shape index (κ1) is 16.6. The summed E-state index contributed by atoms with van der Waals surface area (Å²) in [4.78, 5) is 0.175.